The second-order valence-corrected chi connectivity index (χ2v) is 5.10. The number of hydrogen-bond donors (Lipinski definition) is 1. The minimum atomic E-state index is -1.08. The smallest absolute Gasteiger partial charge is 0.550 e. The first kappa shape index (κ1) is 25.4. The maximum absolute atomic E-state index is 8.89. The zero-order valence-electron chi connectivity index (χ0n) is 14.0. The van der Waals surface area contributed by atoms with Crippen molar-refractivity contribution in [1.82, 2.24) is 0 Å². The molecule has 0 aliphatic heterocycles. The summed E-state index contributed by atoms with van der Waals surface area (Å²) in [4.78, 5) is 8.89. The fourth-order valence-corrected chi connectivity index (χ4v) is 1.95. The fourth-order valence-electron chi connectivity index (χ4n) is 1.95. The third kappa shape index (κ3) is 36.2. The van der Waals surface area contributed by atoms with Gasteiger partial charge in [-0.25, -0.2) is 0 Å². The summed E-state index contributed by atoms with van der Waals surface area (Å²) in [5.74, 6) is -1.08. The quantitative estimate of drug-likeness (QED) is 0.420. The van der Waals surface area contributed by atoms with Gasteiger partial charge in [0.15, 0.2) is 0 Å². The summed E-state index contributed by atoms with van der Waals surface area (Å²) >= 11 is 0. The number of carbonyl (C=O) groups excluding carboxylic acids is 1. The molecule has 1 N–H and O–H groups in total. The van der Waals surface area contributed by atoms with E-state index in [4.69, 9.17) is 15.0 Å². The minimum absolute atomic E-state index is 0. The molecule has 3 nitrogen and oxygen atoms in total. The topological polar surface area (TPSA) is 60.4 Å². The minimum Gasteiger partial charge on any atom is -0.550 e. The fraction of sp³-hybridized carbons (Fsp3) is 0.938. The standard InChI is InChI=1S/C14H30O.C2H4O2.Na/c1-2-3-4-5-6-7-8-9-10-11-12-13-14-15;1-2(3)4;/h15H,2-14H2,1H3;1H3,(H,3,4);/q;;+1/p-1. The van der Waals surface area contributed by atoms with Crippen molar-refractivity contribution in [3.05, 3.63) is 0 Å². The van der Waals surface area contributed by atoms with Crippen molar-refractivity contribution in [2.45, 2.75) is 90.9 Å². The Hall–Kier alpha value is 0.430. The van der Waals surface area contributed by atoms with Gasteiger partial charge in [-0.3, -0.25) is 0 Å². The number of unbranched alkanes of at least 4 members (excludes halogenated alkanes) is 11. The van der Waals surface area contributed by atoms with Crippen LogP contribution in [0.4, 0.5) is 0 Å². The van der Waals surface area contributed by atoms with Crippen molar-refractivity contribution in [3.63, 3.8) is 0 Å². The second-order valence-electron chi connectivity index (χ2n) is 5.10. The number of rotatable bonds is 12. The van der Waals surface area contributed by atoms with Gasteiger partial charge in [0.2, 0.25) is 0 Å². The van der Waals surface area contributed by atoms with Crippen molar-refractivity contribution in [3.8, 4) is 0 Å². The molecule has 0 aliphatic rings. The van der Waals surface area contributed by atoms with Crippen LogP contribution in [0.25, 0.3) is 0 Å². The summed E-state index contributed by atoms with van der Waals surface area (Å²) in [5, 5.41) is 17.5. The molecular formula is C16H33NaO3. The summed E-state index contributed by atoms with van der Waals surface area (Å²) < 4.78 is 0. The summed E-state index contributed by atoms with van der Waals surface area (Å²) in [5.41, 5.74) is 0. The van der Waals surface area contributed by atoms with Gasteiger partial charge in [0.05, 0.1) is 0 Å². The first-order valence-electron chi connectivity index (χ1n) is 7.93. The number of carboxylic acids is 1. The van der Waals surface area contributed by atoms with E-state index in [2.05, 4.69) is 6.92 Å². The van der Waals surface area contributed by atoms with Gasteiger partial charge in [0, 0.05) is 12.6 Å². The summed E-state index contributed by atoms with van der Waals surface area (Å²) in [6.07, 6.45) is 16.2. The average molecular weight is 296 g/mol. The van der Waals surface area contributed by atoms with Gasteiger partial charge < -0.3 is 15.0 Å². The molecule has 0 unspecified atom stereocenters. The van der Waals surface area contributed by atoms with Crippen molar-refractivity contribution < 1.29 is 44.6 Å². The Morgan fingerprint density at radius 1 is 0.800 bits per heavy atom. The van der Waals surface area contributed by atoms with E-state index in [1.165, 1.54) is 70.6 Å². The largest absolute Gasteiger partial charge is 1.00 e. The number of hydrogen-bond acceptors (Lipinski definition) is 3. The molecule has 0 aromatic rings. The Morgan fingerprint density at radius 3 is 1.30 bits per heavy atom. The molecule has 116 valence electrons. The van der Waals surface area contributed by atoms with E-state index in [0.29, 0.717) is 6.61 Å². The van der Waals surface area contributed by atoms with E-state index in [9.17, 15) is 0 Å². The third-order valence-corrected chi connectivity index (χ3v) is 3.01. The van der Waals surface area contributed by atoms with Gasteiger partial charge in [-0.15, -0.1) is 0 Å². The normalized spacial score (nSPS) is 9.35. The molecule has 4 heteroatoms. The third-order valence-electron chi connectivity index (χ3n) is 3.01. The molecule has 0 saturated heterocycles. The Labute approximate surface area is 147 Å². The van der Waals surface area contributed by atoms with Crippen molar-refractivity contribution >= 4 is 5.97 Å². The first-order chi connectivity index (χ1) is 9.15. The monoisotopic (exact) mass is 296 g/mol. The zero-order valence-corrected chi connectivity index (χ0v) is 16.0. The predicted octanol–water partition coefficient (Wildman–Crippen LogP) is 0.440. The summed E-state index contributed by atoms with van der Waals surface area (Å²) in [6.45, 7) is 3.61. The molecule has 0 bridgehead atoms. The molecule has 0 aromatic carbocycles. The molecule has 0 saturated carbocycles. The maximum Gasteiger partial charge on any atom is 1.00 e. The summed E-state index contributed by atoms with van der Waals surface area (Å²) in [6, 6.07) is 0. The van der Waals surface area contributed by atoms with E-state index >= 15 is 0 Å². The van der Waals surface area contributed by atoms with Crippen LogP contribution in [0.2, 0.25) is 0 Å². The van der Waals surface area contributed by atoms with Gasteiger partial charge in [0.25, 0.3) is 0 Å². The van der Waals surface area contributed by atoms with Crippen molar-refractivity contribution in [2.24, 2.45) is 0 Å². The van der Waals surface area contributed by atoms with Gasteiger partial charge in [-0.1, -0.05) is 77.6 Å². The molecule has 0 fully saturated rings. The van der Waals surface area contributed by atoms with E-state index in [-0.39, 0.29) is 29.6 Å². The van der Waals surface area contributed by atoms with Crippen LogP contribution in [0.5, 0.6) is 0 Å². The number of aliphatic carboxylic acids is 1. The van der Waals surface area contributed by atoms with Gasteiger partial charge in [0.1, 0.15) is 0 Å². The van der Waals surface area contributed by atoms with Crippen LogP contribution in [-0.2, 0) is 4.79 Å². The number of aliphatic hydroxyl groups is 1. The first-order valence-corrected chi connectivity index (χ1v) is 7.93. The Morgan fingerprint density at radius 2 is 1.05 bits per heavy atom. The molecule has 0 aromatic heterocycles. The van der Waals surface area contributed by atoms with Crippen molar-refractivity contribution in [2.75, 3.05) is 6.61 Å². The number of aliphatic hydroxyl groups excluding tert-OH is 1. The van der Waals surface area contributed by atoms with Crippen LogP contribution in [0.15, 0.2) is 0 Å². The Kier molecular flexibility index (Phi) is 31.0. The van der Waals surface area contributed by atoms with Crippen LogP contribution in [-0.4, -0.2) is 17.7 Å². The number of carbonyl (C=O) groups is 1. The molecule has 0 heterocycles. The van der Waals surface area contributed by atoms with Crippen LogP contribution in [0, 0.1) is 0 Å². The molecule has 0 atom stereocenters. The number of carboxylic acid groups (broad SMARTS) is 1. The molecule has 20 heavy (non-hydrogen) atoms. The van der Waals surface area contributed by atoms with Gasteiger partial charge in [-0.2, -0.15) is 0 Å². The maximum atomic E-state index is 8.89. The second kappa shape index (κ2) is 24.4. The van der Waals surface area contributed by atoms with Gasteiger partial charge in [-0.05, 0) is 13.3 Å². The van der Waals surface area contributed by atoms with Crippen LogP contribution in [0.3, 0.4) is 0 Å². The van der Waals surface area contributed by atoms with E-state index < -0.39 is 5.97 Å². The van der Waals surface area contributed by atoms with E-state index in [1.54, 1.807) is 0 Å². The molecule has 0 radical (unpaired) electrons. The van der Waals surface area contributed by atoms with Crippen LogP contribution < -0.4 is 34.7 Å². The average Bonchev–Trinajstić information content (AvgIpc) is 2.35. The van der Waals surface area contributed by atoms with Crippen LogP contribution in [0.1, 0.15) is 90.9 Å². The zero-order chi connectivity index (χ0) is 14.8. The SMILES string of the molecule is CC(=O)[O-].CCCCCCCCCCCCCCO.[Na+]. The molecule has 0 rings (SSSR count). The van der Waals surface area contributed by atoms with Crippen molar-refractivity contribution in [1.29, 1.82) is 0 Å². The molecular weight excluding hydrogens is 263 g/mol. The Balaban J connectivity index is -0.000000508. The van der Waals surface area contributed by atoms with E-state index in [0.717, 1.165) is 13.3 Å². The summed E-state index contributed by atoms with van der Waals surface area (Å²) in [7, 11) is 0. The molecule has 0 amide bonds. The molecule has 0 spiro atoms. The predicted molar refractivity (Wildman–Crippen MR) is 78.8 cm³/mol. The van der Waals surface area contributed by atoms with E-state index in [1.807, 2.05) is 0 Å². The Bertz CT molecular complexity index is 159. The molecule has 0 aliphatic carbocycles. The van der Waals surface area contributed by atoms with Gasteiger partial charge >= 0.3 is 29.6 Å². The van der Waals surface area contributed by atoms with Crippen LogP contribution >= 0.6 is 0 Å².